The molecule has 1 aliphatic heterocycles. The number of piperazine rings is 1. The van der Waals surface area contributed by atoms with Crippen LogP contribution in [0, 0.1) is 11.3 Å². The summed E-state index contributed by atoms with van der Waals surface area (Å²) in [6, 6.07) is 7.99. The number of nitriles is 1. The van der Waals surface area contributed by atoms with Gasteiger partial charge in [-0.3, -0.25) is 0 Å². The van der Waals surface area contributed by atoms with Crippen LogP contribution in [0.2, 0.25) is 5.02 Å². The standard InChI is InChI=1S/C17H14ClF3N4O2S/c18-15-9-14(3-1-12(15)10-22)28(26,27)25-7-5-24(6-8-25)16-4-2-13(11-23-16)17(19,20)21/h1-4,9,11H,5-8H2. The quantitative estimate of drug-likeness (QED) is 0.747. The number of alkyl halides is 3. The van der Waals surface area contributed by atoms with Crippen LogP contribution in [0.5, 0.6) is 0 Å². The van der Waals surface area contributed by atoms with Crippen LogP contribution in [0.3, 0.4) is 0 Å². The molecule has 3 rings (SSSR count). The molecule has 0 spiro atoms. The zero-order valence-electron chi connectivity index (χ0n) is 14.3. The second-order valence-corrected chi connectivity index (χ2v) is 8.39. The predicted molar refractivity (Wildman–Crippen MR) is 96.4 cm³/mol. The minimum Gasteiger partial charge on any atom is -0.354 e. The summed E-state index contributed by atoms with van der Waals surface area (Å²) in [6.45, 7) is 0.842. The van der Waals surface area contributed by atoms with Crippen molar-refractivity contribution in [2.45, 2.75) is 11.1 Å². The van der Waals surface area contributed by atoms with Crippen LogP contribution in [-0.2, 0) is 16.2 Å². The maximum atomic E-state index is 12.8. The molecule has 0 unspecified atom stereocenters. The van der Waals surface area contributed by atoms with Crippen molar-refractivity contribution in [2.24, 2.45) is 0 Å². The molecule has 11 heteroatoms. The van der Waals surface area contributed by atoms with E-state index in [0.717, 1.165) is 12.3 Å². The van der Waals surface area contributed by atoms with Crippen molar-refractivity contribution in [3.8, 4) is 6.07 Å². The van der Waals surface area contributed by atoms with E-state index in [1.807, 2.05) is 6.07 Å². The van der Waals surface area contributed by atoms with E-state index in [4.69, 9.17) is 16.9 Å². The third-order valence-electron chi connectivity index (χ3n) is 4.34. The maximum Gasteiger partial charge on any atom is 0.417 e. The average Bonchev–Trinajstić information content (AvgIpc) is 2.67. The molecule has 0 saturated carbocycles. The van der Waals surface area contributed by atoms with Crippen LogP contribution in [0.4, 0.5) is 19.0 Å². The lowest BCUT2D eigenvalue weighted by atomic mass is 10.2. The van der Waals surface area contributed by atoms with E-state index in [0.29, 0.717) is 5.82 Å². The van der Waals surface area contributed by atoms with Gasteiger partial charge in [0.15, 0.2) is 0 Å². The molecule has 0 radical (unpaired) electrons. The first-order valence-corrected chi connectivity index (χ1v) is 9.93. The highest BCUT2D eigenvalue weighted by atomic mass is 35.5. The third kappa shape index (κ3) is 4.06. The highest BCUT2D eigenvalue weighted by Crippen LogP contribution is 2.30. The molecule has 1 aliphatic rings. The summed E-state index contributed by atoms with van der Waals surface area (Å²) in [5.74, 6) is 0.353. The highest BCUT2D eigenvalue weighted by Gasteiger charge is 2.32. The van der Waals surface area contributed by atoms with Crippen LogP contribution < -0.4 is 4.90 Å². The van der Waals surface area contributed by atoms with Crippen LogP contribution >= 0.6 is 11.6 Å². The van der Waals surface area contributed by atoms with E-state index in [9.17, 15) is 21.6 Å². The van der Waals surface area contributed by atoms with Crippen molar-refractivity contribution >= 4 is 27.4 Å². The fraction of sp³-hybridized carbons (Fsp3) is 0.294. The Balaban J connectivity index is 1.71. The minimum atomic E-state index is -4.46. The van der Waals surface area contributed by atoms with Crippen molar-refractivity contribution in [2.75, 3.05) is 31.1 Å². The second kappa shape index (κ2) is 7.58. The van der Waals surface area contributed by atoms with Gasteiger partial charge in [0.05, 0.1) is 21.0 Å². The molecule has 0 N–H and O–H groups in total. The number of nitrogens with zero attached hydrogens (tertiary/aromatic N) is 4. The number of hydrogen-bond acceptors (Lipinski definition) is 5. The van der Waals surface area contributed by atoms with Crippen LogP contribution in [0.25, 0.3) is 0 Å². The van der Waals surface area contributed by atoms with Crippen molar-refractivity contribution in [3.05, 3.63) is 52.7 Å². The lowest BCUT2D eigenvalue weighted by Crippen LogP contribution is -2.48. The fourth-order valence-electron chi connectivity index (χ4n) is 2.79. The van der Waals surface area contributed by atoms with Crippen molar-refractivity contribution in [1.82, 2.24) is 9.29 Å². The number of hydrogen-bond donors (Lipinski definition) is 0. The Bertz CT molecular complexity index is 1010. The van der Waals surface area contributed by atoms with Gasteiger partial charge in [-0.2, -0.15) is 22.7 Å². The molecule has 0 bridgehead atoms. The number of benzene rings is 1. The lowest BCUT2D eigenvalue weighted by Gasteiger charge is -2.34. The average molecular weight is 431 g/mol. The Labute approximate surface area is 164 Å². The normalized spacial score (nSPS) is 16.0. The molecule has 1 fully saturated rings. The molecule has 1 saturated heterocycles. The summed E-state index contributed by atoms with van der Waals surface area (Å²) in [5.41, 5.74) is -0.658. The summed E-state index contributed by atoms with van der Waals surface area (Å²) in [5, 5.41) is 8.94. The monoisotopic (exact) mass is 430 g/mol. The molecule has 2 heterocycles. The molecule has 6 nitrogen and oxygen atoms in total. The molecule has 0 amide bonds. The van der Waals surface area contributed by atoms with Crippen molar-refractivity contribution in [1.29, 1.82) is 5.26 Å². The summed E-state index contributed by atoms with van der Waals surface area (Å²) >= 11 is 5.92. The molecule has 148 valence electrons. The van der Waals surface area contributed by atoms with E-state index in [2.05, 4.69) is 4.98 Å². The van der Waals surface area contributed by atoms with Gasteiger partial charge in [-0.05, 0) is 30.3 Å². The van der Waals surface area contributed by atoms with E-state index >= 15 is 0 Å². The van der Waals surface area contributed by atoms with Gasteiger partial charge in [0.25, 0.3) is 0 Å². The van der Waals surface area contributed by atoms with Gasteiger partial charge in [0, 0.05) is 32.4 Å². The zero-order chi connectivity index (χ0) is 20.5. The van der Waals surface area contributed by atoms with E-state index < -0.39 is 21.8 Å². The number of anilines is 1. The van der Waals surface area contributed by atoms with E-state index in [1.54, 1.807) is 4.90 Å². The number of pyridine rings is 1. The first kappa shape index (κ1) is 20.4. The Morgan fingerprint density at radius 2 is 1.79 bits per heavy atom. The smallest absolute Gasteiger partial charge is 0.354 e. The summed E-state index contributed by atoms with van der Waals surface area (Å²) in [4.78, 5) is 5.54. The second-order valence-electron chi connectivity index (χ2n) is 6.05. The van der Waals surface area contributed by atoms with Crippen LogP contribution in [0.15, 0.2) is 41.4 Å². The molecule has 0 aliphatic carbocycles. The van der Waals surface area contributed by atoms with Crippen LogP contribution in [0.1, 0.15) is 11.1 Å². The number of rotatable bonds is 3. The summed E-state index contributed by atoms with van der Waals surface area (Å²) in [7, 11) is -3.80. The highest BCUT2D eigenvalue weighted by molar-refractivity contribution is 7.89. The molecule has 2 aromatic rings. The predicted octanol–water partition coefficient (Wildman–Crippen LogP) is 3.14. The Kier molecular flexibility index (Phi) is 5.52. The Morgan fingerprint density at radius 3 is 2.29 bits per heavy atom. The van der Waals surface area contributed by atoms with Gasteiger partial charge in [-0.1, -0.05) is 11.6 Å². The lowest BCUT2D eigenvalue weighted by molar-refractivity contribution is -0.137. The summed E-state index contributed by atoms with van der Waals surface area (Å²) in [6.07, 6.45) is -3.70. The largest absolute Gasteiger partial charge is 0.417 e. The topological polar surface area (TPSA) is 77.3 Å². The molecule has 1 aromatic carbocycles. The SMILES string of the molecule is N#Cc1ccc(S(=O)(=O)N2CCN(c3ccc(C(F)(F)F)cn3)CC2)cc1Cl. The zero-order valence-corrected chi connectivity index (χ0v) is 15.9. The van der Waals surface area contributed by atoms with E-state index in [-0.39, 0.29) is 41.7 Å². The molecule has 1 aromatic heterocycles. The minimum absolute atomic E-state index is 0.0161. The number of sulfonamides is 1. The number of halogens is 4. The van der Waals surface area contributed by atoms with E-state index in [1.165, 1.54) is 28.6 Å². The Morgan fingerprint density at radius 1 is 1.11 bits per heavy atom. The van der Waals surface area contributed by atoms with Gasteiger partial charge in [0.1, 0.15) is 11.9 Å². The van der Waals surface area contributed by atoms with Crippen LogP contribution in [-0.4, -0.2) is 43.9 Å². The maximum absolute atomic E-state index is 12.8. The van der Waals surface area contributed by atoms with Gasteiger partial charge in [0.2, 0.25) is 10.0 Å². The third-order valence-corrected chi connectivity index (χ3v) is 6.54. The van der Waals surface area contributed by atoms with Crippen molar-refractivity contribution < 1.29 is 21.6 Å². The Hall–Kier alpha value is -2.35. The summed E-state index contributed by atoms with van der Waals surface area (Å²) < 4.78 is 64.7. The van der Waals surface area contributed by atoms with Gasteiger partial charge >= 0.3 is 6.18 Å². The first-order valence-electron chi connectivity index (χ1n) is 8.11. The first-order chi connectivity index (χ1) is 13.1. The fourth-order valence-corrected chi connectivity index (χ4v) is 4.53. The molecule has 0 atom stereocenters. The molecule has 28 heavy (non-hydrogen) atoms. The molecular formula is C17H14ClF3N4O2S. The van der Waals surface area contributed by atoms with Gasteiger partial charge < -0.3 is 4.90 Å². The van der Waals surface area contributed by atoms with Crippen molar-refractivity contribution in [3.63, 3.8) is 0 Å². The molecular weight excluding hydrogens is 417 g/mol. The van der Waals surface area contributed by atoms with Gasteiger partial charge in [-0.15, -0.1) is 0 Å². The van der Waals surface area contributed by atoms with Gasteiger partial charge in [-0.25, -0.2) is 13.4 Å². The number of aromatic nitrogens is 1.